The van der Waals surface area contributed by atoms with Gasteiger partial charge in [-0.15, -0.1) is 0 Å². The first-order chi connectivity index (χ1) is 9.06. The van der Waals surface area contributed by atoms with Gasteiger partial charge < -0.3 is 4.98 Å². The maximum Gasteiger partial charge on any atom is 0.333 e. The molecule has 7 heteroatoms. The number of aryl methyl sites for hydroxylation is 1. The second kappa shape index (κ2) is 4.32. The summed E-state index contributed by atoms with van der Waals surface area (Å²) in [5.41, 5.74) is 0.159. The lowest BCUT2D eigenvalue weighted by Gasteiger charge is -2.04. The highest BCUT2D eigenvalue weighted by atomic mass is 35.5. The Kier molecular flexibility index (Phi) is 2.76. The van der Waals surface area contributed by atoms with E-state index in [-0.39, 0.29) is 5.56 Å². The standard InChI is InChI=1S/C12H8ClN3O2S/c1-6-4-10(17)16(12(18)14-6)7-2-3-9-8(5-7)11(13)15-19-9/h2-5H,1H3,(H,14,18). The summed E-state index contributed by atoms with van der Waals surface area (Å²) in [7, 11) is 0. The fourth-order valence-corrected chi connectivity index (χ4v) is 2.87. The van der Waals surface area contributed by atoms with Gasteiger partial charge >= 0.3 is 5.69 Å². The number of rotatable bonds is 1. The van der Waals surface area contributed by atoms with Crippen molar-refractivity contribution in [1.82, 2.24) is 13.9 Å². The number of halogens is 1. The van der Waals surface area contributed by atoms with Crippen LogP contribution in [0.1, 0.15) is 5.69 Å². The minimum Gasteiger partial charge on any atom is -0.311 e. The first-order valence-corrected chi connectivity index (χ1v) is 6.60. The molecule has 1 aromatic carbocycles. The van der Waals surface area contributed by atoms with Gasteiger partial charge in [0.05, 0.1) is 10.4 Å². The maximum atomic E-state index is 11.9. The second-order valence-electron chi connectivity index (χ2n) is 4.08. The molecule has 0 saturated heterocycles. The van der Waals surface area contributed by atoms with Gasteiger partial charge in [-0.2, -0.15) is 4.37 Å². The lowest BCUT2D eigenvalue weighted by Crippen LogP contribution is -2.33. The molecule has 0 fully saturated rings. The molecule has 0 radical (unpaired) electrons. The quantitative estimate of drug-likeness (QED) is 0.747. The monoisotopic (exact) mass is 293 g/mol. The molecule has 3 rings (SSSR count). The molecule has 2 heterocycles. The molecule has 5 nitrogen and oxygen atoms in total. The smallest absolute Gasteiger partial charge is 0.311 e. The molecule has 0 unspecified atom stereocenters. The Balaban J connectivity index is 2.33. The Labute approximate surface area is 116 Å². The third-order valence-electron chi connectivity index (χ3n) is 2.74. The van der Waals surface area contributed by atoms with E-state index in [2.05, 4.69) is 9.36 Å². The van der Waals surface area contributed by atoms with E-state index >= 15 is 0 Å². The van der Waals surface area contributed by atoms with Crippen LogP contribution in [0.2, 0.25) is 5.15 Å². The lowest BCUT2D eigenvalue weighted by molar-refractivity contribution is 0.859. The van der Waals surface area contributed by atoms with Crippen molar-refractivity contribution in [1.29, 1.82) is 0 Å². The van der Waals surface area contributed by atoms with Gasteiger partial charge in [0.1, 0.15) is 0 Å². The topological polar surface area (TPSA) is 67.8 Å². The molecule has 0 bridgehead atoms. The molecule has 0 aliphatic heterocycles. The van der Waals surface area contributed by atoms with Crippen molar-refractivity contribution in [2.45, 2.75) is 6.92 Å². The largest absolute Gasteiger partial charge is 0.333 e. The number of H-pyrrole nitrogens is 1. The summed E-state index contributed by atoms with van der Waals surface area (Å²) in [5.74, 6) is 0. The molecule has 96 valence electrons. The number of nitrogens with one attached hydrogen (secondary N) is 1. The summed E-state index contributed by atoms with van der Waals surface area (Å²) < 4.78 is 6.00. The summed E-state index contributed by atoms with van der Waals surface area (Å²) in [6.07, 6.45) is 0. The van der Waals surface area contributed by atoms with Crippen LogP contribution in [0.4, 0.5) is 0 Å². The van der Waals surface area contributed by atoms with Crippen LogP contribution in [0.5, 0.6) is 0 Å². The molecular weight excluding hydrogens is 286 g/mol. The fourth-order valence-electron chi connectivity index (χ4n) is 1.89. The van der Waals surface area contributed by atoms with Gasteiger partial charge in [-0.3, -0.25) is 4.79 Å². The van der Waals surface area contributed by atoms with Crippen LogP contribution in [0.3, 0.4) is 0 Å². The minimum absolute atomic E-state index is 0.374. The highest BCUT2D eigenvalue weighted by Crippen LogP contribution is 2.27. The van der Waals surface area contributed by atoms with Crippen LogP contribution < -0.4 is 11.2 Å². The normalized spacial score (nSPS) is 11.1. The lowest BCUT2D eigenvalue weighted by atomic mass is 10.2. The summed E-state index contributed by atoms with van der Waals surface area (Å²) in [6.45, 7) is 1.66. The zero-order valence-electron chi connectivity index (χ0n) is 9.81. The van der Waals surface area contributed by atoms with Crippen LogP contribution >= 0.6 is 23.1 Å². The molecular formula is C12H8ClN3O2S. The molecule has 1 N–H and O–H groups in total. The van der Waals surface area contributed by atoms with Gasteiger partial charge in [-0.05, 0) is 36.7 Å². The van der Waals surface area contributed by atoms with E-state index in [1.807, 2.05) is 0 Å². The van der Waals surface area contributed by atoms with Gasteiger partial charge in [0, 0.05) is 17.1 Å². The molecule has 0 spiro atoms. The zero-order valence-corrected chi connectivity index (χ0v) is 11.4. The third kappa shape index (κ3) is 1.98. The average Bonchev–Trinajstić information content (AvgIpc) is 2.70. The Morgan fingerprint density at radius 2 is 2.11 bits per heavy atom. The van der Waals surface area contributed by atoms with Crippen LogP contribution in [-0.2, 0) is 0 Å². The molecule has 0 saturated carbocycles. The van der Waals surface area contributed by atoms with E-state index in [9.17, 15) is 9.59 Å². The maximum absolute atomic E-state index is 11.9. The number of aromatic amines is 1. The Morgan fingerprint density at radius 1 is 1.32 bits per heavy atom. The summed E-state index contributed by atoms with van der Waals surface area (Å²) in [4.78, 5) is 26.4. The minimum atomic E-state index is -0.469. The van der Waals surface area contributed by atoms with Crippen molar-refractivity contribution >= 4 is 33.2 Å². The molecule has 0 aliphatic carbocycles. The van der Waals surface area contributed by atoms with Crippen molar-refractivity contribution < 1.29 is 0 Å². The highest BCUT2D eigenvalue weighted by Gasteiger charge is 2.09. The third-order valence-corrected chi connectivity index (χ3v) is 3.95. The van der Waals surface area contributed by atoms with E-state index in [0.29, 0.717) is 16.5 Å². The Hall–Kier alpha value is -1.92. The van der Waals surface area contributed by atoms with E-state index < -0.39 is 5.69 Å². The highest BCUT2D eigenvalue weighted by molar-refractivity contribution is 7.13. The zero-order chi connectivity index (χ0) is 13.6. The molecule has 3 aromatic rings. The van der Waals surface area contributed by atoms with E-state index in [0.717, 1.165) is 14.7 Å². The van der Waals surface area contributed by atoms with Crippen molar-refractivity contribution in [3.8, 4) is 5.69 Å². The number of benzene rings is 1. The first kappa shape index (κ1) is 12.1. The molecule has 19 heavy (non-hydrogen) atoms. The summed E-state index contributed by atoms with van der Waals surface area (Å²) in [5, 5.41) is 1.11. The van der Waals surface area contributed by atoms with E-state index in [4.69, 9.17) is 11.6 Å². The SMILES string of the molecule is Cc1cc(=O)n(-c2ccc3snc(Cl)c3c2)c(=O)[nH]1. The number of hydrogen-bond acceptors (Lipinski definition) is 4. The van der Waals surface area contributed by atoms with Crippen molar-refractivity contribution in [2.24, 2.45) is 0 Å². The van der Waals surface area contributed by atoms with E-state index in [1.54, 1.807) is 25.1 Å². The van der Waals surface area contributed by atoms with Crippen molar-refractivity contribution in [2.75, 3.05) is 0 Å². The van der Waals surface area contributed by atoms with E-state index in [1.165, 1.54) is 17.6 Å². The van der Waals surface area contributed by atoms with Crippen molar-refractivity contribution in [3.63, 3.8) is 0 Å². The molecule has 0 aliphatic rings. The van der Waals surface area contributed by atoms with Gasteiger partial charge in [0.15, 0.2) is 5.15 Å². The average molecular weight is 294 g/mol. The molecule has 2 aromatic heterocycles. The summed E-state index contributed by atoms with van der Waals surface area (Å²) in [6, 6.07) is 6.55. The van der Waals surface area contributed by atoms with Gasteiger partial charge in [0.25, 0.3) is 5.56 Å². The van der Waals surface area contributed by atoms with Crippen LogP contribution in [0.25, 0.3) is 15.8 Å². The van der Waals surface area contributed by atoms with Crippen LogP contribution in [0, 0.1) is 6.92 Å². The number of fused-ring (bicyclic) bond motifs is 1. The molecule has 0 atom stereocenters. The van der Waals surface area contributed by atoms with Crippen LogP contribution in [0.15, 0.2) is 33.9 Å². The number of nitrogens with zero attached hydrogens (tertiary/aromatic N) is 2. The summed E-state index contributed by atoms with van der Waals surface area (Å²) >= 11 is 7.24. The second-order valence-corrected chi connectivity index (χ2v) is 5.25. The first-order valence-electron chi connectivity index (χ1n) is 5.44. The fraction of sp³-hybridized carbons (Fsp3) is 0.0833. The Morgan fingerprint density at radius 3 is 2.84 bits per heavy atom. The van der Waals surface area contributed by atoms with Gasteiger partial charge in [-0.25, -0.2) is 9.36 Å². The number of hydrogen-bond donors (Lipinski definition) is 1. The van der Waals surface area contributed by atoms with Gasteiger partial charge in [-0.1, -0.05) is 11.6 Å². The molecule has 0 amide bonds. The van der Waals surface area contributed by atoms with Crippen LogP contribution in [-0.4, -0.2) is 13.9 Å². The van der Waals surface area contributed by atoms with Crippen molar-refractivity contribution in [3.05, 3.63) is 56.0 Å². The Bertz CT molecular complexity index is 863. The predicted octanol–water partition coefficient (Wildman–Crippen LogP) is 2.10. The predicted molar refractivity (Wildman–Crippen MR) is 75.6 cm³/mol. The number of aromatic nitrogens is 3. The van der Waals surface area contributed by atoms with Gasteiger partial charge in [0.2, 0.25) is 0 Å².